The molecule has 0 atom stereocenters. The standard InChI is InChI=1S/C15H16FN3O/c1-9-3-6-12(16)11(7-9)14-8-13(18-19(14)2)15(20)17-10-4-5-10/h3,6-8,10H,4-5H2,1-2H3,(H,17,20). The van der Waals surface area contributed by atoms with Gasteiger partial charge in [0, 0.05) is 18.7 Å². The fourth-order valence-electron chi connectivity index (χ4n) is 2.15. The lowest BCUT2D eigenvalue weighted by Crippen LogP contribution is -2.25. The van der Waals surface area contributed by atoms with Gasteiger partial charge in [-0.3, -0.25) is 9.48 Å². The van der Waals surface area contributed by atoms with Gasteiger partial charge in [0.1, 0.15) is 5.82 Å². The number of nitrogens with one attached hydrogen (secondary N) is 1. The van der Waals surface area contributed by atoms with Gasteiger partial charge in [-0.2, -0.15) is 5.10 Å². The smallest absolute Gasteiger partial charge is 0.272 e. The second-order valence-electron chi connectivity index (χ2n) is 5.27. The lowest BCUT2D eigenvalue weighted by Gasteiger charge is -2.04. The van der Waals surface area contributed by atoms with Crippen molar-refractivity contribution < 1.29 is 9.18 Å². The molecule has 0 bridgehead atoms. The monoisotopic (exact) mass is 273 g/mol. The van der Waals surface area contributed by atoms with Crippen LogP contribution in [0, 0.1) is 12.7 Å². The summed E-state index contributed by atoms with van der Waals surface area (Å²) in [5.74, 6) is -0.504. The van der Waals surface area contributed by atoms with E-state index in [1.807, 2.05) is 6.92 Å². The largest absolute Gasteiger partial charge is 0.348 e. The summed E-state index contributed by atoms with van der Waals surface area (Å²) in [6.45, 7) is 1.90. The van der Waals surface area contributed by atoms with E-state index in [1.165, 1.54) is 6.07 Å². The van der Waals surface area contributed by atoms with Gasteiger partial charge in [-0.05, 0) is 38.0 Å². The van der Waals surface area contributed by atoms with E-state index in [0.717, 1.165) is 18.4 Å². The third-order valence-electron chi connectivity index (χ3n) is 3.42. The van der Waals surface area contributed by atoms with Crippen LogP contribution in [0.1, 0.15) is 28.9 Å². The van der Waals surface area contributed by atoms with E-state index in [-0.39, 0.29) is 17.8 Å². The number of nitrogens with zero attached hydrogens (tertiary/aromatic N) is 2. The first kappa shape index (κ1) is 12.8. The number of hydrogen-bond acceptors (Lipinski definition) is 2. The molecule has 4 nitrogen and oxygen atoms in total. The third-order valence-corrected chi connectivity index (χ3v) is 3.42. The van der Waals surface area contributed by atoms with Crippen molar-refractivity contribution in [3.05, 3.63) is 41.3 Å². The van der Waals surface area contributed by atoms with Gasteiger partial charge >= 0.3 is 0 Å². The number of halogens is 1. The van der Waals surface area contributed by atoms with E-state index in [0.29, 0.717) is 17.0 Å². The molecular weight excluding hydrogens is 257 g/mol. The summed E-state index contributed by atoms with van der Waals surface area (Å²) in [5.41, 5.74) is 2.36. The van der Waals surface area contributed by atoms with Crippen LogP contribution >= 0.6 is 0 Å². The molecule has 1 aromatic carbocycles. The van der Waals surface area contributed by atoms with Crippen molar-refractivity contribution in [3.8, 4) is 11.3 Å². The van der Waals surface area contributed by atoms with Crippen LogP contribution in [-0.4, -0.2) is 21.7 Å². The zero-order chi connectivity index (χ0) is 14.3. The normalized spacial score (nSPS) is 14.3. The molecule has 1 fully saturated rings. The maximum Gasteiger partial charge on any atom is 0.272 e. The first-order chi connectivity index (χ1) is 9.54. The maximum atomic E-state index is 13.9. The molecule has 1 N–H and O–H groups in total. The number of carbonyl (C=O) groups excluding carboxylic acids is 1. The summed E-state index contributed by atoms with van der Waals surface area (Å²) >= 11 is 0. The Labute approximate surface area is 116 Å². The molecule has 0 radical (unpaired) electrons. The number of carbonyl (C=O) groups is 1. The number of benzene rings is 1. The first-order valence-electron chi connectivity index (χ1n) is 6.66. The SMILES string of the molecule is Cc1ccc(F)c(-c2cc(C(=O)NC3CC3)nn2C)c1. The van der Waals surface area contributed by atoms with Gasteiger partial charge in [0.15, 0.2) is 5.69 Å². The van der Waals surface area contributed by atoms with Gasteiger partial charge in [0.2, 0.25) is 0 Å². The van der Waals surface area contributed by atoms with Gasteiger partial charge in [0.25, 0.3) is 5.91 Å². The first-order valence-corrected chi connectivity index (χ1v) is 6.66. The predicted molar refractivity (Wildman–Crippen MR) is 73.8 cm³/mol. The summed E-state index contributed by atoms with van der Waals surface area (Å²) in [4.78, 5) is 12.0. The molecular formula is C15H16FN3O. The summed E-state index contributed by atoms with van der Waals surface area (Å²) in [6, 6.07) is 6.82. The van der Waals surface area contributed by atoms with Crippen molar-refractivity contribution in [1.29, 1.82) is 0 Å². The Morgan fingerprint density at radius 1 is 1.40 bits per heavy atom. The van der Waals surface area contributed by atoms with Gasteiger partial charge < -0.3 is 5.32 Å². The second kappa shape index (κ2) is 4.74. The van der Waals surface area contributed by atoms with Crippen molar-refractivity contribution in [3.63, 3.8) is 0 Å². The Bertz CT molecular complexity index is 674. The quantitative estimate of drug-likeness (QED) is 0.933. The topological polar surface area (TPSA) is 46.9 Å². The van der Waals surface area contributed by atoms with Crippen LogP contribution in [0.25, 0.3) is 11.3 Å². The van der Waals surface area contributed by atoms with Gasteiger partial charge in [0.05, 0.1) is 5.69 Å². The fourth-order valence-corrected chi connectivity index (χ4v) is 2.15. The molecule has 2 aromatic rings. The van der Waals surface area contributed by atoms with E-state index in [2.05, 4.69) is 10.4 Å². The number of hydrogen-bond donors (Lipinski definition) is 1. The second-order valence-corrected chi connectivity index (χ2v) is 5.27. The number of aryl methyl sites for hydroxylation is 2. The molecule has 0 saturated heterocycles. The summed E-state index contributed by atoms with van der Waals surface area (Å²) in [5, 5.41) is 7.06. The summed E-state index contributed by atoms with van der Waals surface area (Å²) in [6.07, 6.45) is 2.05. The molecule has 1 aromatic heterocycles. The van der Waals surface area contributed by atoms with Crippen LogP contribution in [0.15, 0.2) is 24.3 Å². The zero-order valence-electron chi connectivity index (χ0n) is 11.5. The van der Waals surface area contributed by atoms with Crippen molar-refractivity contribution in [2.75, 3.05) is 0 Å². The van der Waals surface area contributed by atoms with E-state index in [4.69, 9.17) is 0 Å². The predicted octanol–water partition coefficient (Wildman–Crippen LogP) is 2.43. The highest BCUT2D eigenvalue weighted by molar-refractivity contribution is 5.93. The van der Waals surface area contributed by atoms with Crippen molar-refractivity contribution >= 4 is 5.91 Å². The molecule has 104 valence electrons. The highest BCUT2D eigenvalue weighted by Crippen LogP contribution is 2.25. The zero-order valence-corrected chi connectivity index (χ0v) is 11.5. The number of aromatic nitrogens is 2. The minimum absolute atomic E-state index is 0.192. The van der Waals surface area contributed by atoms with Crippen molar-refractivity contribution in [2.45, 2.75) is 25.8 Å². The molecule has 0 unspecified atom stereocenters. The molecule has 1 saturated carbocycles. The van der Waals surface area contributed by atoms with Crippen LogP contribution in [0.5, 0.6) is 0 Å². The number of amides is 1. The molecule has 1 aliphatic carbocycles. The molecule has 3 rings (SSSR count). The van der Waals surface area contributed by atoms with Crippen LogP contribution < -0.4 is 5.32 Å². The van der Waals surface area contributed by atoms with Crippen molar-refractivity contribution in [1.82, 2.24) is 15.1 Å². The fraction of sp³-hybridized carbons (Fsp3) is 0.333. The average Bonchev–Trinajstić information content (AvgIpc) is 3.13. The summed E-state index contributed by atoms with van der Waals surface area (Å²) in [7, 11) is 1.71. The average molecular weight is 273 g/mol. The summed E-state index contributed by atoms with van der Waals surface area (Å²) < 4.78 is 15.5. The molecule has 1 heterocycles. The minimum atomic E-state index is -0.312. The Morgan fingerprint density at radius 2 is 2.15 bits per heavy atom. The molecule has 5 heteroatoms. The Morgan fingerprint density at radius 3 is 2.85 bits per heavy atom. The Hall–Kier alpha value is -2.17. The number of rotatable bonds is 3. The Balaban J connectivity index is 1.95. The van der Waals surface area contributed by atoms with Gasteiger partial charge in [-0.15, -0.1) is 0 Å². The lowest BCUT2D eigenvalue weighted by atomic mass is 10.1. The Kier molecular flexibility index (Phi) is 3.04. The molecule has 1 amide bonds. The van der Waals surface area contributed by atoms with E-state index in [1.54, 1.807) is 29.9 Å². The molecule has 20 heavy (non-hydrogen) atoms. The van der Waals surface area contributed by atoms with Gasteiger partial charge in [-0.25, -0.2) is 4.39 Å². The highest BCUT2D eigenvalue weighted by Gasteiger charge is 2.25. The molecule has 0 aliphatic heterocycles. The van der Waals surface area contributed by atoms with Crippen molar-refractivity contribution in [2.24, 2.45) is 7.05 Å². The van der Waals surface area contributed by atoms with E-state index < -0.39 is 0 Å². The van der Waals surface area contributed by atoms with Crippen LogP contribution in [0.3, 0.4) is 0 Å². The van der Waals surface area contributed by atoms with E-state index >= 15 is 0 Å². The minimum Gasteiger partial charge on any atom is -0.348 e. The maximum absolute atomic E-state index is 13.9. The van der Waals surface area contributed by atoms with E-state index in [9.17, 15) is 9.18 Å². The molecule has 1 aliphatic rings. The van der Waals surface area contributed by atoms with Crippen LogP contribution in [-0.2, 0) is 7.05 Å². The van der Waals surface area contributed by atoms with Gasteiger partial charge in [-0.1, -0.05) is 11.6 Å². The third kappa shape index (κ3) is 2.43. The molecule has 0 spiro atoms. The van der Waals surface area contributed by atoms with Crippen LogP contribution in [0.2, 0.25) is 0 Å². The lowest BCUT2D eigenvalue weighted by molar-refractivity contribution is 0.0945. The van der Waals surface area contributed by atoms with Crippen LogP contribution in [0.4, 0.5) is 4.39 Å². The highest BCUT2D eigenvalue weighted by atomic mass is 19.1.